The van der Waals surface area contributed by atoms with Gasteiger partial charge in [-0.2, -0.15) is 5.26 Å². The number of hydrogen-bond acceptors (Lipinski definition) is 6. The third kappa shape index (κ3) is 5.63. The van der Waals surface area contributed by atoms with Crippen LogP contribution in [0.3, 0.4) is 0 Å². The summed E-state index contributed by atoms with van der Waals surface area (Å²) in [5.74, 6) is -0.0193. The van der Waals surface area contributed by atoms with E-state index in [4.69, 9.17) is 16.3 Å². The predicted molar refractivity (Wildman–Crippen MR) is 169 cm³/mol. The SMILES string of the molecule is COc1ncc(-c2c(CCc3ccccc3)n(CNC(=O)c3ccc(-n4cnnc4)cc3Cl)c3ccc(C)cc23)cc1C#N. The smallest absolute Gasteiger partial charge is 0.254 e. The molecular weight excluding hydrogens is 574 g/mol. The molecule has 0 radical (unpaired) electrons. The van der Waals surface area contributed by atoms with E-state index in [0.29, 0.717) is 22.6 Å². The monoisotopic (exact) mass is 601 g/mol. The van der Waals surface area contributed by atoms with Crippen LogP contribution in [0.2, 0.25) is 5.02 Å². The molecule has 0 unspecified atom stereocenters. The van der Waals surface area contributed by atoms with Crippen LogP contribution in [0.5, 0.6) is 5.88 Å². The van der Waals surface area contributed by atoms with Gasteiger partial charge in [0.1, 0.15) is 24.3 Å². The third-order valence-electron chi connectivity index (χ3n) is 7.59. The number of methoxy groups -OCH3 is 1. The maximum absolute atomic E-state index is 13.4. The van der Waals surface area contributed by atoms with E-state index in [-0.39, 0.29) is 18.5 Å². The summed E-state index contributed by atoms with van der Waals surface area (Å²) in [6.45, 7) is 2.26. The van der Waals surface area contributed by atoms with Crippen molar-refractivity contribution >= 4 is 28.4 Å². The number of fused-ring (bicyclic) bond motifs is 1. The number of ether oxygens (including phenoxy) is 1. The van der Waals surface area contributed by atoms with Crippen LogP contribution in [0.1, 0.15) is 32.7 Å². The van der Waals surface area contributed by atoms with Gasteiger partial charge in [0.2, 0.25) is 5.88 Å². The van der Waals surface area contributed by atoms with E-state index in [2.05, 4.69) is 61.5 Å². The molecule has 0 saturated heterocycles. The van der Waals surface area contributed by atoms with Crippen LogP contribution in [0.25, 0.3) is 27.7 Å². The second-order valence-corrected chi connectivity index (χ2v) is 10.8. The van der Waals surface area contributed by atoms with Crippen molar-refractivity contribution in [3.63, 3.8) is 0 Å². The molecule has 1 amide bonds. The molecule has 0 aliphatic rings. The number of rotatable bonds is 9. The maximum Gasteiger partial charge on any atom is 0.254 e. The molecule has 44 heavy (non-hydrogen) atoms. The first-order valence-corrected chi connectivity index (χ1v) is 14.4. The van der Waals surface area contributed by atoms with Gasteiger partial charge in [0.15, 0.2) is 0 Å². The summed E-state index contributed by atoms with van der Waals surface area (Å²) in [5.41, 5.74) is 7.50. The summed E-state index contributed by atoms with van der Waals surface area (Å²) in [4.78, 5) is 17.9. The van der Waals surface area contributed by atoms with Crippen molar-refractivity contribution in [2.45, 2.75) is 26.4 Å². The Morgan fingerprint density at radius 2 is 1.82 bits per heavy atom. The lowest BCUT2D eigenvalue weighted by atomic mass is 9.98. The lowest BCUT2D eigenvalue weighted by molar-refractivity contribution is 0.0942. The molecule has 3 heterocycles. The highest BCUT2D eigenvalue weighted by molar-refractivity contribution is 6.34. The molecule has 3 aromatic heterocycles. The average Bonchev–Trinajstić information content (AvgIpc) is 3.69. The number of pyridine rings is 1. The number of nitriles is 1. The number of benzene rings is 3. The van der Waals surface area contributed by atoms with Gasteiger partial charge in [0.05, 0.1) is 29.9 Å². The first-order valence-electron chi connectivity index (χ1n) is 14.0. The zero-order valence-electron chi connectivity index (χ0n) is 24.2. The lowest BCUT2D eigenvalue weighted by Crippen LogP contribution is -2.27. The van der Waals surface area contributed by atoms with E-state index in [9.17, 15) is 10.1 Å². The third-order valence-corrected chi connectivity index (χ3v) is 7.90. The summed E-state index contributed by atoms with van der Waals surface area (Å²) in [5, 5.41) is 21.9. The summed E-state index contributed by atoms with van der Waals surface area (Å²) in [6.07, 6.45) is 6.34. The van der Waals surface area contributed by atoms with Crippen LogP contribution in [0.4, 0.5) is 0 Å². The maximum atomic E-state index is 13.4. The molecule has 6 rings (SSSR count). The standard InChI is InChI=1S/C34H28ClN7O2/c1-22-8-12-30-28(14-22)32(25-15-24(17-36)34(44-2)37-18-25)31(13-9-23-6-4-3-5-7-23)42(30)19-38-33(43)27-11-10-26(16-29(27)35)41-20-39-40-21-41/h3-8,10-12,14-16,18,20-21H,9,13,19H2,1-2H3,(H,38,43). The van der Waals surface area contributed by atoms with Gasteiger partial charge in [0, 0.05) is 34.1 Å². The van der Waals surface area contributed by atoms with Gasteiger partial charge >= 0.3 is 0 Å². The van der Waals surface area contributed by atoms with E-state index in [0.717, 1.165) is 45.4 Å². The molecule has 3 aromatic carbocycles. The molecule has 0 aliphatic carbocycles. The van der Waals surface area contributed by atoms with Crippen molar-refractivity contribution in [2.24, 2.45) is 0 Å². The first-order chi connectivity index (χ1) is 21.5. The Bertz CT molecular complexity index is 2010. The Hall–Kier alpha value is -5.46. The minimum Gasteiger partial charge on any atom is -0.480 e. The Labute approximate surface area is 259 Å². The fraction of sp³-hybridized carbons (Fsp3) is 0.147. The molecule has 1 N–H and O–H groups in total. The minimum atomic E-state index is -0.298. The highest BCUT2D eigenvalue weighted by Crippen LogP contribution is 2.37. The topological polar surface area (TPSA) is 111 Å². The fourth-order valence-corrected chi connectivity index (χ4v) is 5.71. The van der Waals surface area contributed by atoms with Crippen molar-refractivity contribution in [1.29, 1.82) is 5.26 Å². The molecule has 0 bridgehead atoms. The van der Waals surface area contributed by atoms with Gasteiger partial charge in [-0.25, -0.2) is 4.98 Å². The number of carbonyl (C=O) groups is 1. The van der Waals surface area contributed by atoms with Gasteiger partial charge in [-0.1, -0.05) is 53.6 Å². The minimum absolute atomic E-state index is 0.209. The highest BCUT2D eigenvalue weighted by atomic mass is 35.5. The van der Waals surface area contributed by atoms with E-state index in [1.165, 1.54) is 12.7 Å². The molecule has 0 aliphatic heterocycles. The van der Waals surface area contributed by atoms with Crippen LogP contribution < -0.4 is 10.1 Å². The summed E-state index contributed by atoms with van der Waals surface area (Å²) >= 11 is 6.56. The lowest BCUT2D eigenvalue weighted by Gasteiger charge is -2.15. The summed E-state index contributed by atoms with van der Waals surface area (Å²) in [6, 6.07) is 25.7. The molecule has 9 nitrogen and oxygen atoms in total. The molecule has 6 aromatic rings. The summed E-state index contributed by atoms with van der Waals surface area (Å²) < 4.78 is 9.16. The van der Waals surface area contributed by atoms with Crippen LogP contribution >= 0.6 is 11.6 Å². The van der Waals surface area contributed by atoms with Crippen molar-refractivity contribution < 1.29 is 9.53 Å². The average molecular weight is 602 g/mol. The number of carbonyl (C=O) groups excluding carboxylic acids is 1. The molecular formula is C34H28ClN7O2. The quantitative estimate of drug-likeness (QED) is 0.208. The van der Waals surface area contributed by atoms with Crippen molar-refractivity contribution in [3.8, 4) is 28.8 Å². The van der Waals surface area contributed by atoms with Crippen molar-refractivity contribution in [1.82, 2.24) is 29.6 Å². The van der Waals surface area contributed by atoms with E-state index in [1.54, 1.807) is 41.6 Å². The van der Waals surface area contributed by atoms with Crippen LogP contribution in [0, 0.1) is 18.3 Å². The number of nitrogens with one attached hydrogen (secondary N) is 1. The number of nitrogens with zero attached hydrogens (tertiary/aromatic N) is 6. The fourth-order valence-electron chi connectivity index (χ4n) is 5.45. The molecule has 0 fully saturated rings. The van der Waals surface area contributed by atoms with Gasteiger partial charge in [-0.15, -0.1) is 10.2 Å². The van der Waals surface area contributed by atoms with E-state index >= 15 is 0 Å². The van der Waals surface area contributed by atoms with Gasteiger partial charge in [-0.05, 0) is 61.7 Å². The number of aryl methyl sites for hydroxylation is 2. The molecule has 0 spiro atoms. The molecule has 10 heteroatoms. The Balaban J connectivity index is 1.41. The predicted octanol–water partition coefficient (Wildman–Crippen LogP) is 6.30. The van der Waals surface area contributed by atoms with Crippen molar-refractivity contribution in [2.75, 3.05) is 7.11 Å². The Kier molecular flexibility index (Phi) is 8.08. The second-order valence-electron chi connectivity index (χ2n) is 10.3. The van der Waals surface area contributed by atoms with Crippen LogP contribution in [-0.2, 0) is 19.5 Å². The zero-order valence-corrected chi connectivity index (χ0v) is 24.9. The molecule has 0 atom stereocenters. The Morgan fingerprint density at radius 3 is 2.55 bits per heavy atom. The largest absolute Gasteiger partial charge is 0.480 e. The number of amides is 1. The van der Waals surface area contributed by atoms with E-state index in [1.807, 2.05) is 31.2 Å². The van der Waals surface area contributed by atoms with E-state index < -0.39 is 0 Å². The Morgan fingerprint density at radius 1 is 1.02 bits per heavy atom. The number of aromatic nitrogens is 5. The number of halogens is 1. The first kappa shape index (κ1) is 28.6. The second kappa shape index (κ2) is 12.4. The van der Waals surface area contributed by atoms with Gasteiger partial charge in [-0.3, -0.25) is 9.36 Å². The van der Waals surface area contributed by atoms with Gasteiger partial charge < -0.3 is 14.6 Å². The number of hydrogen-bond donors (Lipinski definition) is 1. The van der Waals surface area contributed by atoms with Gasteiger partial charge in [0.25, 0.3) is 5.91 Å². The van der Waals surface area contributed by atoms with Crippen LogP contribution in [0.15, 0.2) is 91.6 Å². The zero-order chi connectivity index (χ0) is 30.6. The normalized spacial score (nSPS) is 11.0. The van der Waals surface area contributed by atoms with Crippen molar-refractivity contribution in [3.05, 3.63) is 125 Å². The molecule has 0 saturated carbocycles. The highest BCUT2D eigenvalue weighted by Gasteiger charge is 2.21. The summed E-state index contributed by atoms with van der Waals surface area (Å²) in [7, 11) is 1.50. The van der Waals surface area contributed by atoms with Crippen LogP contribution in [-0.4, -0.2) is 37.3 Å². The molecule has 218 valence electrons.